The van der Waals surface area contributed by atoms with Crippen molar-refractivity contribution in [3.8, 4) is 0 Å². The minimum atomic E-state index is -4.43. The van der Waals surface area contributed by atoms with Crippen molar-refractivity contribution in [3.63, 3.8) is 0 Å². The molecule has 1 aromatic heterocycles. The predicted octanol–water partition coefficient (Wildman–Crippen LogP) is 4.41. The highest BCUT2D eigenvalue weighted by molar-refractivity contribution is 7.08. The van der Waals surface area contributed by atoms with Gasteiger partial charge in [-0.2, -0.15) is 24.5 Å². The van der Waals surface area contributed by atoms with Crippen LogP contribution in [0.25, 0.3) is 0 Å². The van der Waals surface area contributed by atoms with Gasteiger partial charge in [0.05, 0.1) is 11.6 Å². The molecule has 0 unspecified atom stereocenters. The monoisotopic (exact) mass is 360 g/mol. The van der Waals surface area contributed by atoms with E-state index in [4.69, 9.17) is 11.6 Å². The molecule has 0 spiro atoms. The van der Waals surface area contributed by atoms with Crippen LogP contribution < -0.4 is 5.32 Å². The average molecular weight is 361 g/mol. The van der Waals surface area contributed by atoms with Gasteiger partial charge in [-0.25, -0.2) is 0 Å². The smallest absolute Gasteiger partial charge is 0.314 e. The molecule has 0 radical (unpaired) electrons. The van der Waals surface area contributed by atoms with Crippen molar-refractivity contribution in [1.29, 1.82) is 0 Å². The number of nitrogens with one attached hydrogen (secondary N) is 1. The molecule has 23 heavy (non-hydrogen) atoms. The molecule has 1 fully saturated rings. The molecular formula is C16H16ClF3N2S. The number of piperazine rings is 1. The molecular weight excluding hydrogens is 345 g/mol. The van der Waals surface area contributed by atoms with E-state index in [2.05, 4.69) is 10.2 Å². The van der Waals surface area contributed by atoms with Gasteiger partial charge in [-0.1, -0.05) is 17.7 Å². The zero-order chi connectivity index (χ0) is 16.4. The molecule has 1 N–H and O–H groups in total. The Morgan fingerprint density at radius 1 is 1.17 bits per heavy atom. The summed E-state index contributed by atoms with van der Waals surface area (Å²) < 4.78 is 40.5. The highest BCUT2D eigenvalue weighted by atomic mass is 35.5. The molecule has 0 bridgehead atoms. The number of nitrogens with zero attached hydrogens (tertiary/aromatic N) is 1. The van der Waals surface area contributed by atoms with E-state index < -0.39 is 17.8 Å². The van der Waals surface area contributed by atoms with Crippen LogP contribution in [0.2, 0.25) is 5.02 Å². The van der Waals surface area contributed by atoms with Gasteiger partial charge in [0.1, 0.15) is 0 Å². The van der Waals surface area contributed by atoms with Gasteiger partial charge in [0.25, 0.3) is 0 Å². The summed E-state index contributed by atoms with van der Waals surface area (Å²) in [5.74, 6) is 0. The Balaban J connectivity index is 2.14. The Labute approximate surface area is 141 Å². The van der Waals surface area contributed by atoms with E-state index in [1.54, 1.807) is 0 Å². The molecule has 1 aliphatic heterocycles. The first-order valence-electron chi connectivity index (χ1n) is 7.31. The molecule has 0 aliphatic carbocycles. The van der Waals surface area contributed by atoms with Crippen LogP contribution in [0.1, 0.15) is 22.7 Å². The van der Waals surface area contributed by atoms with Gasteiger partial charge in [-0.15, -0.1) is 0 Å². The van der Waals surface area contributed by atoms with Crippen molar-refractivity contribution in [3.05, 3.63) is 56.7 Å². The van der Waals surface area contributed by atoms with E-state index >= 15 is 0 Å². The molecule has 3 rings (SSSR count). The van der Waals surface area contributed by atoms with Crippen LogP contribution in [-0.4, -0.2) is 31.1 Å². The van der Waals surface area contributed by atoms with Gasteiger partial charge in [-0.3, -0.25) is 4.90 Å². The molecule has 2 nitrogen and oxygen atoms in total. The third-order valence-corrected chi connectivity index (χ3v) is 5.04. The molecule has 1 aromatic carbocycles. The molecule has 1 atom stereocenters. The van der Waals surface area contributed by atoms with Gasteiger partial charge in [0, 0.05) is 36.8 Å². The van der Waals surface area contributed by atoms with Crippen molar-refractivity contribution in [2.75, 3.05) is 26.2 Å². The van der Waals surface area contributed by atoms with E-state index in [1.807, 2.05) is 16.8 Å². The molecule has 1 saturated heterocycles. The van der Waals surface area contributed by atoms with E-state index in [0.29, 0.717) is 13.1 Å². The lowest BCUT2D eigenvalue weighted by atomic mass is 9.93. The maximum Gasteiger partial charge on any atom is 0.416 e. The van der Waals surface area contributed by atoms with Gasteiger partial charge in [0.2, 0.25) is 0 Å². The van der Waals surface area contributed by atoms with Crippen LogP contribution in [0, 0.1) is 0 Å². The number of rotatable bonds is 3. The molecule has 124 valence electrons. The molecule has 7 heteroatoms. The Bertz CT molecular complexity index is 652. The lowest BCUT2D eigenvalue weighted by molar-refractivity contribution is -0.138. The molecule has 2 aromatic rings. The third-order valence-electron chi connectivity index (χ3n) is 4.01. The number of benzene rings is 1. The number of alkyl halides is 3. The van der Waals surface area contributed by atoms with E-state index in [9.17, 15) is 13.2 Å². The Morgan fingerprint density at radius 2 is 1.91 bits per heavy atom. The quantitative estimate of drug-likeness (QED) is 0.872. The fourth-order valence-corrected chi connectivity index (χ4v) is 3.95. The summed E-state index contributed by atoms with van der Waals surface area (Å²) in [5.41, 5.74) is 0.359. The van der Waals surface area contributed by atoms with Crippen molar-refractivity contribution in [1.82, 2.24) is 10.2 Å². The first-order valence-corrected chi connectivity index (χ1v) is 8.63. The summed E-state index contributed by atoms with van der Waals surface area (Å²) in [6.07, 6.45) is -4.43. The highest BCUT2D eigenvalue weighted by Gasteiger charge is 2.38. The average Bonchev–Trinajstić information content (AvgIpc) is 3.03. The number of thiophene rings is 1. The van der Waals surface area contributed by atoms with Crippen molar-refractivity contribution >= 4 is 22.9 Å². The SMILES string of the molecule is FC(F)(F)c1cccc(Cl)c1[C@@H](c1ccsc1)N1CCNCC1. The lowest BCUT2D eigenvalue weighted by Gasteiger charge is -2.36. The topological polar surface area (TPSA) is 15.3 Å². The van der Waals surface area contributed by atoms with Gasteiger partial charge >= 0.3 is 6.18 Å². The van der Waals surface area contributed by atoms with Crippen molar-refractivity contribution < 1.29 is 13.2 Å². The minimum absolute atomic E-state index is 0.155. The number of halogens is 4. The first-order chi connectivity index (χ1) is 11.0. The van der Waals surface area contributed by atoms with Crippen LogP contribution in [0.15, 0.2) is 35.0 Å². The first kappa shape index (κ1) is 16.8. The Kier molecular flexibility index (Phi) is 4.96. The predicted molar refractivity (Wildman–Crippen MR) is 87.1 cm³/mol. The van der Waals surface area contributed by atoms with Gasteiger partial charge in [-0.05, 0) is 34.5 Å². The fourth-order valence-electron chi connectivity index (χ4n) is 2.99. The summed E-state index contributed by atoms with van der Waals surface area (Å²) in [6.45, 7) is 2.88. The lowest BCUT2D eigenvalue weighted by Crippen LogP contribution is -2.45. The van der Waals surface area contributed by atoms with Crippen molar-refractivity contribution in [2.45, 2.75) is 12.2 Å². The highest BCUT2D eigenvalue weighted by Crippen LogP contribution is 2.42. The number of hydrogen-bond donors (Lipinski definition) is 1. The van der Waals surface area contributed by atoms with Gasteiger partial charge in [0.15, 0.2) is 0 Å². The molecule has 0 amide bonds. The summed E-state index contributed by atoms with van der Waals surface area (Å²) >= 11 is 7.71. The van der Waals surface area contributed by atoms with Crippen LogP contribution in [0.4, 0.5) is 13.2 Å². The van der Waals surface area contributed by atoms with E-state index in [1.165, 1.54) is 23.5 Å². The normalized spacial score (nSPS) is 18.1. The summed E-state index contributed by atoms with van der Waals surface area (Å²) in [4.78, 5) is 2.06. The minimum Gasteiger partial charge on any atom is -0.314 e. The zero-order valence-electron chi connectivity index (χ0n) is 12.2. The van der Waals surface area contributed by atoms with E-state index in [0.717, 1.165) is 24.7 Å². The summed E-state index contributed by atoms with van der Waals surface area (Å²) in [5, 5.41) is 7.18. The van der Waals surface area contributed by atoms with Crippen molar-refractivity contribution in [2.24, 2.45) is 0 Å². The largest absolute Gasteiger partial charge is 0.416 e. The third kappa shape index (κ3) is 3.55. The maximum atomic E-state index is 13.5. The van der Waals surface area contributed by atoms with Crippen LogP contribution in [-0.2, 0) is 6.18 Å². The number of hydrogen-bond acceptors (Lipinski definition) is 3. The summed E-state index contributed by atoms with van der Waals surface area (Å²) in [6, 6.07) is 5.41. The molecule has 0 saturated carbocycles. The van der Waals surface area contributed by atoms with Gasteiger partial charge < -0.3 is 5.32 Å². The molecule has 1 aliphatic rings. The maximum absolute atomic E-state index is 13.5. The fraction of sp³-hybridized carbons (Fsp3) is 0.375. The second-order valence-corrected chi connectivity index (χ2v) is 6.63. The molecule has 2 heterocycles. The Morgan fingerprint density at radius 3 is 2.52 bits per heavy atom. The second kappa shape index (κ2) is 6.81. The van der Waals surface area contributed by atoms with Crippen LogP contribution in [0.5, 0.6) is 0 Å². The zero-order valence-corrected chi connectivity index (χ0v) is 13.8. The standard InChI is InChI=1S/C16H16ClF3N2S/c17-13-3-1-2-12(16(18,19)20)14(13)15(11-4-9-23-10-11)22-7-5-21-6-8-22/h1-4,9-10,15,21H,5-8H2/t15-/m1/s1. The van der Waals surface area contributed by atoms with Crippen LogP contribution in [0.3, 0.4) is 0 Å². The van der Waals surface area contributed by atoms with Crippen LogP contribution >= 0.6 is 22.9 Å². The van der Waals surface area contributed by atoms with E-state index in [-0.39, 0.29) is 10.6 Å². The second-order valence-electron chi connectivity index (χ2n) is 5.44. The Hall–Kier alpha value is -1.08. The summed E-state index contributed by atoms with van der Waals surface area (Å²) in [7, 11) is 0.